The SMILES string of the molecule is CNCC(CC1COC1)c1ccc2c(c1)OCCO2. The lowest BCUT2D eigenvalue weighted by molar-refractivity contribution is -0.0384. The second-order valence-electron chi connectivity index (χ2n) is 5.30. The van der Waals surface area contributed by atoms with Crippen molar-refractivity contribution in [2.45, 2.75) is 12.3 Å². The highest BCUT2D eigenvalue weighted by Crippen LogP contribution is 2.35. The molecule has 1 unspecified atom stereocenters. The van der Waals surface area contributed by atoms with E-state index in [0.29, 0.717) is 25.0 Å². The monoisotopic (exact) mass is 263 g/mol. The van der Waals surface area contributed by atoms with Crippen LogP contribution in [0.4, 0.5) is 0 Å². The molecule has 0 spiro atoms. The van der Waals surface area contributed by atoms with Crippen LogP contribution in [0.15, 0.2) is 18.2 Å². The third kappa shape index (κ3) is 2.85. The summed E-state index contributed by atoms with van der Waals surface area (Å²) in [5, 5.41) is 3.29. The molecule has 0 amide bonds. The molecular formula is C15H21NO3. The van der Waals surface area contributed by atoms with Gasteiger partial charge in [-0.05, 0) is 37.1 Å². The van der Waals surface area contributed by atoms with E-state index in [1.807, 2.05) is 13.1 Å². The van der Waals surface area contributed by atoms with E-state index in [9.17, 15) is 0 Å². The number of nitrogens with one attached hydrogen (secondary N) is 1. The minimum Gasteiger partial charge on any atom is -0.486 e. The fourth-order valence-corrected chi connectivity index (χ4v) is 2.72. The maximum absolute atomic E-state index is 5.67. The van der Waals surface area contributed by atoms with Gasteiger partial charge in [0.1, 0.15) is 13.2 Å². The van der Waals surface area contributed by atoms with Gasteiger partial charge in [0.05, 0.1) is 13.2 Å². The quantitative estimate of drug-likeness (QED) is 0.879. The first-order chi connectivity index (χ1) is 9.36. The molecule has 0 radical (unpaired) electrons. The molecule has 0 saturated carbocycles. The summed E-state index contributed by atoms with van der Waals surface area (Å²) in [6, 6.07) is 6.33. The van der Waals surface area contributed by atoms with Gasteiger partial charge in [0, 0.05) is 12.5 Å². The van der Waals surface area contributed by atoms with E-state index in [0.717, 1.165) is 31.3 Å². The summed E-state index contributed by atoms with van der Waals surface area (Å²) in [6.07, 6.45) is 1.17. The van der Waals surface area contributed by atoms with E-state index in [1.165, 1.54) is 12.0 Å². The summed E-state index contributed by atoms with van der Waals surface area (Å²) < 4.78 is 16.5. The van der Waals surface area contributed by atoms with Crippen LogP contribution >= 0.6 is 0 Å². The molecule has 1 aromatic rings. The summed E-state index contributed by atoms with van der Waals surface area (Å²) in [5.41, 5.74) is 1.32. The molecule has 0 aliphatic carbocycles. The summed E-state index contributed by atoms with van der Waals surface area (Å²) in [4.78, 5) is 0. The number of fused-ring (bicyclic) bond motifs is 1. The summed E-state index contributed by atoms with van der Waals surface area (Å²) in [5.74, 6) is 2.96. The molecule has 4 heteroatoms. The molecule has 1 fully saturated rings. The fraction of sp³-hybridized carbons (Fsp3) is 0.600. The molecule has 4 nitrogen and oxygen atoms in total. The molecular weight excluding hydrogens is 242 g/mol. The molecule has 2 aliphatic heterocycles. The van der Waals surface area contributed by atoms with Crippen LogP contribution in [0.2, 0.25) is 0 Å². The lowest BCUT2D eigenvalue weighted by Gasteiger charge is -2.30. The van der Waals surface area contributed by atoms with Crippen LogP contribution in [0.3, 0.4) is 0 Å². The Hall–Kier alpha value is -1.26. The van der Waals surface area contributed by atoms with E-state index in [1.54, 1.807) is 0 Å². The van der Waals surface area contributed by atoms with Crippen molar-refractivity contribution in [2.75, 3.05) is 40.0 Å². The van der Waals surface area contributed by atoms with Crippen molar-refractivity contribution in [3.05, 3.63) is 23.8 Å². The van der Waals surface area contributed by atoms with Gasteiger partial charge in [-0.1, -0.05) is 6.07 Å². The van der Waals surface area contributed by atoms with Crippen LogP contribution in [-0.4, -0.2) is 40.0 Å². The molecule has 2 aliphatic rings. The number of hydrogen-bond acceptors (Lipinski definition) is 4. The molecule has 0 aromatic heterocycles. The Bertz CT molecular complexity index is 431. The average molecular weight is 263 g/mol. The minimum atomic E-state index is 0.509. The van der Waals surface area contributed by atoms with Gasteiger partial charge in [-0.2, -0.15) is 0 Å². The average Bonchev–Trinajstić information content (AvgIpc) is 2.41. The summed E-state index contributed by atoms with van der Waals surface area (Å²) in [7, 11) is 2.00. The molecule has 3 rings (SSSR count). The zero-order chi connectivity index (χ0) is 13.1. The van der Waals surface area contributed by atoms with Gasteiger partial charge in [-0.15, -0.1) is 0 Å². The topological polar surface area (TPSA) is 39.7 Å². The van der Waals surface area contributed by atoms with E-state index in [4.69, 9.17) is 14.2 Å². The van der Waals surface area contributed by atoms with Gasteiger partial charge in [-0.25, -0.2) is 0 Å². The van der Waals surface area contributed by atoms with Crippen LogP contribution in [0, 0.1) is 5.92 Å². The maximum Gasteiger partial charge on any atom is 0.161 e. The van der Waals surface area contributed by atoms with Gasteiger partial charge < -0.3 is 19.5 Å². The van der Waals surface area contributed by atoms with Gasteiger partial charge in [0.25, 0.3) is 0 Å². The lowest BCUT2D eigenvalue weighted by atomic mass is 9.87. The van der Waals surface area contributed by atoms with Crippen LogP contribution in [0.1, 0.15) is 17.9 Å². The predicted octanol–water partition coefficient (Wildman–Crippen LogP) is 1.80. The highest BCUT2D eigenvalue weighted by Gasteiger charge is 2.24. The zero-order valence-corrected chi connectivity index (χ0v) is 11.4. The molecule has 1 N–H and O–H groups in total. The number of likely N-dealkylation sites (N-methyl/N-ethyl adjacent to an activating group) is 1. The van der Waals surface area contributed by atoms with Crippen molar-refractivity contribution >= 4 is 0 Å². The largest absolute Gasteiger partial charge is 0.486 e. The Kier molecular flexibility index (Phi) is 3.89. The highest BCUT2D eigenvalue weighted by atomic mass is 16.6. The van der Waals surface area contributed by atoms with Crippen molar-refractivity contribution in [2.24, 2.45) is 5.92 Å². The Balaban J connectivity index is 1.76. The van der Waals surface area contributed by atoms with E-state index in [2.05, 4.69) is 17.4 Å². The van der Waals surface area contributed by atoms with Gasteiger partial charge in [0.2, 0.25) is 0 Å². The molecule has 2 heterocycles. The Labute approximate surface area is 114 Å². The van der Waals surface area contributed by atoms with Crippen molar-refractivity contribution in [1.82, 2.24) is 5.32 Å². The standard InChI is InChI=1S/C15H21NO3/c1-16-8-13(6-11-9-17-10-11)12-2-3-14-15(7-12)19-5-4-18-14/h2-3,7,11,13,16H,4-6,8-10H2,1H3. The second-order valence-corrected chi connectivity index (χ2v) is 5.30. The number of hydrogen-bond donors (Lipinski definition) is 1. The molecule has 1 saturated heterocycles. The van der Waals surface area contributed by atoms with Crippen molar-refractivity contribution in [1.29, 1.82) is 0 Å². The Morgan fingerprint density at radius 1 is 1.21 bits per heavy atom. The van der Waals surface area contributed by atoms with Gasteiger partial charge in [-0.3, -0.25) is 0 Å². The minimum absolute atomic E-state index is 0.509. The number of ether oxygens (including phenoxy) is 3. The summed E-state index contributed by atoms with van der Waals surface area (Å²) >= 11 is 0. The number of rotatable bonds is 5. The van der Waals surface area contributed by atoms with Gasteiger partial charge in [0.15, 0.2) is 11.5 Å². The molecule has 1 aromatic carbocycles. The first-order valence-electron chi connectivity index (χ1n) is 6.98. The van der Waals surface area contributed by atoms with Crippen LogP contribution in [0.5, 0.6) is 11.5 Å². The first-order valence-corrected chi connectivity index (χ1v) is 6.98. The van der Waals surface area contributed by atoms with Crippen LogP contribution in [-0.2, 0) is 4.74 Å². The fourth-order valence-electron chi connectivity index (χ4n) is 2.72. The maximum atomic E-state index is 5.67. The lowest BCUT2D eigenvalue weighted by Crippen LogP contribution is -2.31. The third-order valence-corrected chi connectivity index (χ3v) is 3.81. The van der Waals surface area contributed by atoms with Crippen molar-refractivity contribution < 1.29 is 14.2 Å². The third-order valence-electron chi connectivity index (χ3n) is 3.81. The van der Waals surface area contributed by atoms with Crippen LogP contribution in [0.25, 0.3) is 0 Å². The molecule has 1 atom stereocenters. The molecule has 19 heavy (non-hydrogen) atoms. The Morgan fingerprint density at radius 3 is 2.68 bits per heavy atom. The molecule has 104 valence electrons. The molecule has 0 bridgehead atoms. The predicted molar refractivity (Wildman–Crippen MR) is 73.0 cm³/mol. The normalized spacial score (nSPS) is 19.8. The highest BCUT2D eigenvalue weighted by molar-refractivity contribution is 5.44. The van der Waals surface area contributed by atoms with Crippen molar-refractivity contribution in [3.8, 4) is 11.5 Å². The Morgan fingerprint density at radius 2 is 2.00 bits per heavy atom. The summed E-state index contributed by atoms with van der Waals surface area (Å²) in [6.45, 7) is 4.08. The van der Waals surface area contributed by atoms with Gasteiger partial charge >= 0.3 is 0 Å². The van der Waals surface area contributed by atoms with E-state index < -0.39 is 0 Å². The second kappa shape index (κ2) is 5.80. The first kappa shape index (κ1) is 12.8. The van der Waals surface area contributed by atoms with Crippen molar-refractivity contribution in [3.63, 3.8) is 0 Å². The van der Waals surface area contributed by atoms with E-state index >= 15 is 0 Å². The van der Waals surface area contributed by atoms with Crippen LogP contribution < -0.4 is 14.8 Å². The smallest absolute Gasteiger partial charge is 0.161 e. The van der Waals surface area contributed by atoms with E-state index in [-0.39, 0.29) is 0 Å². The zero-order valence-electron chi connectivity index (χ0n) is 11.4. The number of benzene rings is 1.